The molecule has 0 aliphatic rings. The van der Waals surface area contributed by atoms with Crippen LogP contribution in [0.25, 0.3) is 0 Å². The van der Waals surface area contributed by atoms with Crippen LogP contribution in [0.15, 0.2) is 73.3 Å². The van der Waals surface area contributed by atoms with Crippen LogP contribution in [0.2, 0.25) is 0 Å². The molecule has 6 heteroatoms. The topological polar surface area (TPSA) is 87.1 Å². The standard InChI is InChI=1S/C22H24N4O2/c27-20-3-1-2-19(16-20)21(25-14-8-17-4-10-23-11-5-17)22(28)26-15-9-18-6-12-24-13-7-18/h1-7,10-13,16,21,25,27H,8-9,14-15H2,(H,26,28). The molecule has 1 aromatic carbocycles. The molecule has 0 aliphatic carbocycles. The lowest BCUT2D eigenvalue weighted by molar-refractivity contribution is -0.123. The Balaban J connectivity index is 1.60. The average molecular weight is 376 g/mol. The molecule has 0 fully saturated rings. The van der Waals surface area contributed by atoms with E-state index in [4.69, 9.17) is 0 Å². The van der Waals surface area contributed by atoms with Crippen LogP contribution < -0.4 is 10.6 Å². The molecule has 2 aromatic heterocycles. The molecular formula is C22H24N4O2. The number of nitrogens with zero attached hydrogens (tertiary/aromatic N) is 2. The van der Waals surface area contributed by atoms with Gasteiger partial charge in [0.25, 0.3) is 0 Å². The fourth-order valence-electron chi connectivity index (χ4n) is 2.96. The van der Waals surface area contributed by atoms with Gasteiger partial charge in [-0.05, 0) is 65.9 Å². The Labute approximate surface area is 164 Å². The third-order valence-corrected chi connectivity index (χ3v) is 4.44. The molecule has 2 heterocycles. The summed E-state index contributed by atoms with van der Waals surface area (Å²) in [7, 11) is 0. The summed E-state index contributed by atoms with van der Waals surface area (Å²) in [5, 5.41) is 16.1. The van der Waals surface area contributed by atoms with Gasteiger partial charge >= 0.3 is 0 Å². The number of aromatic nitrogens is 2. The Bertz CT molecular complexity index is 872. The first-order valence-corrected chi connectivity index (χ1v) is 9.30. The predicted molar refractivity (Wildman–Crippen MR) is 108 cm³/mol. The number of phenolic OH excluding ortho intramolecular Hbond substituents is 1. The van der Waals surface area contributed by atoms with Crippen LogP contribution in [0.4, 0.5) is 0 Å². The zero-order valence-electron chi connectivity index (χ0n) is 15.6. The van der Waals surface area contributed by atoms with Gasteiger partial charge in [0.1, 0.15) is 11.8 Å². The van der Waals surface area contributed by atoms with Gasteiger partial charge in [-0.1, -0.05) is 12.1 Å². The summed E-state index contributed by atoms with van der Waals surface area (Å²) in [6.07, 6.45) is 8.52. The molecule has 1 amide bonds. The van der Waals surface area contributed by atoms with E-state index in [0.717, 1.165) is 29.5 Å². The Morgan fingerprint density at radius 3 is 2.11 bits per heavy atom. The summed E-state index contributed by atoms with van der Waals surface area (Å²) < 4.78 is 0. The third-order valence-electron chi connectivity index (χ3n) is 4.44. The zero-order valence-corrected chi connectivity index (χ0v) is 15.6. The van der Waals surface area contributed by atoms with Crippen molar-refractivity contribution in [2.24, 2.45) is 0 Å². The van der Waals surface area contributed by atoms with Crippen molar-refractivity contribution in [3.8, 4) is 5.75 Å². The Morgan fingerprint density at radius 2 is 1.50 bits per heavy atom. The van der Waals surface area contributed by atoms with Crippen LogP contribution >= 0.6 is 0 Å². The lowest BCUT2D eigenvalue weighted by Crippen LogP contribution is -2.39. The highest BCUT2D eigenvalue weighted by Crippen LogP contribution is 2.18. The van der Waals surface area contributed by atoms with Gasteiger partial charge in [-0.25, -0.2) is 0 Å². The summed E-state index contributed by atoms with van der Waals surface area (Å²) in [5.74, 6) is 0.0254. The molecule has 0 bridgehead atoms. The van der Waals surface area contributed by atoms with Crippen molar-refractivity contribution in [3.63, 3.8) is 0 Å². The number of amides is 1. The molecule has 28 heavy (non-hydrogen) atoms. The summed E-state index contributed by atoms with van der Waals surface area (Å²) in [4.78, 5) is 20.8. The average Bonchev–Trinajstić information content (AvgIpc) is 2.72. The molecule has 1 unspecified atom stereocenters. The van der Waals surface area contributed by atoms with Crippen molar-refractivity contribution in [1.82, 2.24) is 20.6 Å². The van der Waals surface area contributed by atoms with Gasteiger partial charge in [0.05, 0.1) is 0 Å². The van der Waals surface area contributed by atoms with Crippen LogP contribution in [-0.4, -0.2) is 34.1 Å². The minimum atomic E-state index is -0.536. The number of carbonyl (C=O) groups is 1. The molecule has 0 radical (unpaired) electrons. The van der Waals surface area contributed by atoms with Crippen molar-refractivity contribution in [1.29, 1.82) is 0 Å². The van der Waals surface area contributed by atoms with E-state index >= 15 is 0 Å². The Hall–Kier alpha value is -3.25. The van der Waals surface area contributed by atoms with E-state index in [-0.39, 0.29) is 11.7 Å². The smallest absolute Gasteiger partial charge is 0.241 e. The van der Waals surface area contributed by atoms with Gasteiger partial charge < -0.3 is 15.7 Å². The van der Waals surface area contributed by atoms with Gasteiger partial charge in [-0.15, -0.1) is 0 Å². The maximum Gasteiger partial charge on any atom is 0.241 e. The summed E-state index contributed by atoms with van der Waals surface area (Å²) in [6, 6.07) is 14.0. The maximum atomic E-state index is 12.8. The molecule has 3 N–H and O–H groups in total. The Morgan fingerprint density at radius 1 is 0.893 bits per heavy atom. The monoisotopic (exact) mass is 376 g/mol. The van der Waals surface area contributed by atoms with E-state index in [0.29, 0.717) is 13.1 Å². The summed E-state index contributed by atoms with van der Waals surface area (Å²) in [5.41, 5.74) is 3.00. The first-order chi connectivity index (χ1) is 13.7. The van der Waals surface area contributed by atoms with Crippen molar-refractivity contribution in [3.05, 3.63) is 90.0 Å². The van der Waals surface area contributed by atoms with E-state index in [2.05, 4.69) is 20.6 Å². The van der Waals surface area contributed by atoms with Crippen LogP contribution in [0.1, 0.15) is 22.7 Å². The van der Waals surface area contributed by atoms with Crippen LogP contribution in [0.3, 0.4) is 0 Å². The quantitative estimate of drug-likeness (QED) is 0.534. The van der Waals surface area contributed by atoms with Gasteiger partial charge in [0, 0.05) is 37.9 Å². The van der Waals surface area contributed by atoms with Crippen molar-refractivity contribution in [2.75, 3.05) is 13.1 Å². The minimum Gasteiger partial charge on any atom is -0.508 e. The number of hydrogen-bond donors (Lipinski definition) is 3. The lowest BCUT2D eigenvalue weighted by atomic mass is 10.0. The van der Waals surface area contributed by atoms with E-state index < -0.39 is 6.04 Å². The SMILES string of the molecule is O=C(NCCc1ccncc1)C(NCCc1ccncc1)c1cccc(O)c1. The number of aromatic hydroxyl groups is 1. The van der Waals surface area contributed by atoms with E-state index in [1.165, 1.54) is 0 Å². The maximum absolute atomic E-state index is 12.8. The zero-order chi connectivity index (χ0) is 19.6. The number of pyridine rings is 2. The minimum absolute atomic E-state index is 0.116. The van der Waals surface area contributed by atoms with Gasteiger partial charge in [0.15, 0.2) is 0 Å². The molecule has 0 saturated carbocycles. The molecule has 144 valence electrons. The normalized spacial score (nSPS) is 11.7. The lowest BCUT2D eigenvalue weighted by Gasteiger charge is -2.19. The van der Waals surface area contributed by atoms with Crippen molar-refractivity contribution < 1.29 is 9.90 Å². The number of nitrogens with one attached hydrogen (secondary N) is 2. The second-order valence-corrected chi connectivity index (χ2v) is 6.48. The molecule has 1 atom stereocenters. The fraction of sp³-hybridized carbons (Fsp3) is 0.227. The number of phenols is 1. The summed E-state index contributed by atoms with van der Waals surface area (Å²) >= 11 is 0. The number of rotatable bonds is 9. The number of benzene rings is 1. The van der Waals surface area contributed by atoms with Crippen molar-refractivity contribution in [2.45, 2.75) is 18.9 Å². The first kappa shape index (κ1) is 19.5. The molecule has 0 spiro atoms. The molecule has 3 rings (SSSR count). The number of carbonyl (C=O) groups excluding carboxylic acids is 1. The van der Waals surface area contributed by atoms with Crippen molar-refractivity contribution >= 4 is 5.91 Å². The highest BCUT2D eigenvalue weighted by atomic mass is 16.3. The Kier molecular flexibility index (Phi) is 7.09. The van der Waals surface area contributed by atoms with E-state index in [1.54, 1.807) is 43.0 Å². The first-order valence-electron chi connectivity index (χ1n) is 9.30. The van der Waals surface area contributed by atoms with E-state index in [1.807, 2.05) is 30.3 Å². The van der Waals surface area contributed by atoms with Gasteiger partial charge in [-0.3, -0.25) is 14.8 Å². The highest BCUT2D eigenvalue weighted by molar-refractivity contribution is 5.83. The summed E-state index contributed by atoms with van der Waals surface area (Å²) in [6.45, 7) is 1.16. The van der Waals surface area contributed by atoms with Crippen LogP contribution in [-0.2, 0) is 17.6 Å². The molecule has 0 aliphatic heterocycles. The fourth-order valence-corrected chi connectivity index (χ4v) is 2.96. The van der Waals surface area contributed by atoms with Gasteiger partial charge in [0.2, 0.25) is 5.91 Å². The largest absolute Gasteiger partial charge is 0.508 e. The van der Waals surface area contributed by atoms with Crippen LogP contribution in [0.5, 0.6) is 5.75 Å². The third kappa shape index (κ3) is 5.89. The molecule has 6 nitrogen and oxygen atoms in total. The van der Waals surface area contributed by atoms with Crippen LogP contribution in [0, 0.1) is 0 Å². The predicted octanol–water partition coefficient (Wildman–Crippen LogP) is 2.41. The number of hydrogen-bond acceptors (Lipinski definition) is 5. The molecule has 3 aromatic rings. The van der Waals surface area contributed by atoms with Gasteiger partial charge in [-0.2, -0.15) is 0 Å². The molecule has 0 saturated heterocycles. The highest BCUT2D eigenvalue weighted by Gasteiger charge is 2.20. The molecular weight excluding hydrogens is 352 g/mol. The second-order valence-electron chi connectivity index (χ2n) is 6.48. The van der Waals surface area contributed by atoms with E-state index in [9.17, 15) is 9.90 Å². The second kappa shape index (κ2) is 10.2.